The number of thiazole rings is 1. The van der Waals surface area contributed by atoms with Crippen LogP contribution in [0.25, 0.3) is 27.2 Å². The molecule has 0 radical (unpaired) electrons. The first-order valence-electron chi connectivity index (χ1n) is 16.6. The number of amides is 1. The molecule has 244 valence electrons. The Kier molecular flexibility index (Phi) is 10.2. The average Bonchev–Trinajstić information content (AvgIpc) is 3.73. The Labute approximate surface area is 279 Å². The molecule has 1 aliphatic carbocycles. The number of aryl methyl sites for hydroxylation is 2. The lowest BCUT2D eigenvalue weighted by Gasteiger charge is -2.33. The lowest BCUT2D eigenvalue weighted by atomic mass is 9.81. The summed E-state index contributed by atoms with van der Waals surface area (Å²) in [6.07, 6.45) is 8.92. The highest BCUT2D eigenvalue weighted by atomic mass is 32.2. The zero-order valence-electron chi connectivity index (χ0n) is 27.3. The second-order valence-electron chi connectivity index (χ2n) is 12.6. The molecule has 1 saturated carbocycles. The minimum absolute atomic E-state index is 0.00423. The van der Waals surface area contributed by atoms with Crippen molar-refractivity contribution in [2.24, 2.45) is 5.92 Å². The van der Waals surface area contributed by atoms with Crippen molar-refractivity contribution in [3.8, 4) is 10.6 Å². The number of rotatable bonds is 6. The molecule has 0 bridgehead atoms. The molecule has 4 aliphatic rings. The third-order valence-corrected chi connectivity index (χ3v) is 11.6. The van der Waals surface area contributed by atoms with E-state index in [0.717, 1.165) is 56.3 Å². The van der Waals surface area contributed by atoms with Gasteiger partial charge in [-0.3, -0.25) is 4.79 Å². The van der Waals surface area contributed by atoms with Crippen LogP contribution in [0.4, 0.5) is 0 Å². The van der Waals surface area contributed by atoms with Gasteiger partial charge in [-0.25, -0.2) is 14.8 Å². The summed E-state index contributed by atoms with van der Waals surface area (Å²) in [6.45, 7) is 10.8. The summed E-state index contributed by atoms with van der Waals surface area (Å²) in [5.74, 6) is -0.446. The molecule has 3 aliphatic heterocycles. The van der Waals surface area contributed by atoms with Crippen molar-refractivity contribution in [2.45, 2.75) is 77.5 Å². The van der Waals surface area contributed by atoms with Gasteiger partial charge in [-0.05, 0) is 68.0 Å². The Morgan fingerprint density at radius 3 is 2.43 bits per heavy atom. The number of nitrogens with zero attached hydrogens (tertiary/aromatic N) is 4. The van der Waals surface area contributed by atoms with Crippen LogP contribution in [0.2, 0.25) is 0 Å². The Hall–Kier alpha value is -3.21. The average molecular weight is 661 g/mol. The number of carboxylic acids is 1. The van der Waals surface area contributed by atoms with Gasteiger partial charge in [-0.15, -0.1) is 23.1 Å². The molecule has 1 saturated heterocycles. The molecule has 8 nitrogen and oxygen atoms in total. The van der Waals surface area contributed by atoms with Crippen molar-refractivity contribution in [1.29, 1.82) is 0 Å². The van der Waals surface area contributed by atoms with E-state index in [2.05, 4.69) is 54.1 Å². The first kappa shape index (κ1) is 32.7. The molecule has 2 atom stereocenters. The highest BCUT2D eigenvalue weighted by Gasteiger charge is 2.48. The first-order valence-corrected chi connectivity index (χ1v) is 18.3. The van der Waals surface area contributed by atoms with Crippen molar-refractivity contribution in [1.82, 2.24) is 19.8 Å². The number of carbonyl (C=O) groups is 2. The molecule has 10 heteroatoms. The summed E-state index contributed by atoms with van der Waals surface area (Å²) in [5, 5.41) is 12.0. The third kappa shape index (κ3) is 6.62. The molecule has 3 aromatic rings. The molecule has 5 heterocycles. The molecule has 1 N–H and O–H groups in total. The predicted octanol–water partition coefficient (Wildman–Crippen LogP) is 7.31. The van der Waals surface area contributed by atoms with Gasteiger partial charge in [-0.1, -0.05) is 51.7 Å². The van der Waals surface area contributed by atoms with E-state index in [-0.39, 0.29) is 23.7 Å². The second-order valence-corrected chi connectivity index (χ2v) is 15.0. The van der Waals surface area contributed by atoms with Crippen LogP contribution in [0.3, 0.4) is 0 Å². The first-order chi connectivity index (χ1) is 22.3. The maximum atomic E-state index is 13.7. The minimum atomic E-state index is -0.887. The fourth-order valence-corrected chi connectivity index (χ4v) is 9.42. The third-order valence-electron chi connectivity index (χ3n) is 9.14. The van der Waals surface area contributed by atoms with E-state index in [0.29, 0.717) is 37.1 Å². The van der Waals surface area contributed by atoms with Crippen LogP contribution in [0.1, 0.15) is 68.6 Å². The number of aromatic nitrogens is 2. The number of pyridine rings is 1. The number of benzene rings is 1. The Morgan fingerprint density at radius 2 is 1.76 bits per heavy atom. The van der Waals surface area contributed by atoms with Crippen LogP contribution >= 0.6 is 23.1 Å². The lowest BCUT2D eigenvalue weighted by molar-refractivity contribution is -0.135. The Morgan fingerprint density at radius 1 is 1.02 bits per heavy atom. The summed E-state index contributed by atoms with van der Waals surface area (Å²) in [7, 11) is 0. The van der Waals surface area contributed by atoms with E-state index in [9.17, 15) is 14.7 Å². The van der Waals surface area contributed by atoms with Crippen molar-refractivity contribution in [3.63, 3.8) is 0 Å². The molecule has 0 spiro atoms. The summed E-state index contributed by atoms with van der Waals surface area (Å²) >= 11 is 3.13. The standard InChI is InChI=1S/C33H36N4O4S2.C3H8/c1-19-31(42-20(2)34-19)25-11-8-22-16-23(9-10-24(22)35-25)30-29(21-6-4-3-5-7-21)32-26(17-27(43-32)33(39)40)37(30)18-28(38)36-12-14-41-15-13-36;1-3-2/h8-11,16-17,21,26,32H,3-7,12-15,18H2,1-2H3,(H,39,40);3H2,1-2H3. The second kappa shape index (κ2) is 14.3. The van der Waals surface area contributed by atoms with E-state index in [4.69, 9.17) is 9.72 Å². The number of hydrogen-bond donors (Lipinski definition) is 1. The van der Waals surface area contributed by atoms with Crippen LogP contribution in [-0.2, 0) is 14.3 Å². The Bertz CT molecular complexity index is 1670. The van der Waals surface area contributed by atoms with Crippen LogP contribution in [0.5, 0.6) is 0 Å². The van der Waals surface area contributed by atoms with E-state index in [1.165, 1.54) is 43.0 Å². The highest BCUT2D eigenvalue weighted by Crippen LogP contribution is 2.53. The molecule has 2 unspecified atom stereocenters. The summed E-state index contributed by atoms with van der Waals surface area (Å²) in [5.41, 5.74) is 6.35. The van der Waals surface area contributed by atoms with Crippen molar-refractivity contribution < 1.29 is 19.4 Å². The molecule has 1 aromatic carbocycles. The van der Waals surface area contributed by atoms with Gasteiger partial charge in [0.05, 0.1) is 62.7 Å². The van der Waals surface area contributed by atoms with E-state index in [1.807, 2.05) is 24.8 Å². The maximum Gasteiger partial charge on any atom is 0.341 e. The topological polar surface area (TPSA) is 95.9 Å². The number of hydrogen-bond acceptors (Lipinski definition) is 8. The number of carbonyl (C=O) groups excluding carboxylic acids is 1. The molecule has 7 rings (SSSR count). The largest absolute Gasteiger partial charge is 0.477 e. The monoisotopic (exact) mass is 660 g/mol. The van der Waals surface area contributed by atoms with Crippen molar-refractivity contribution in [3.05, 3.63) is 63.2 Å². The number of morpholine rings is 1. The molecular weight excluding hydrogens is 617 g/mol. The minimum Gasteiger partial charge on any atom is -0.477 e. The van der Waals surface area contributed by atoms with E-state index in [1.54, 1.807) is 11.3 Å². The smallest absolute Gasteiger partial charge is 0.341 e. The van der Waals surface area contributed by atoms with Crippen molar-refractivity contribution >= 4 is 51.6 Å². The fourth-order valence-electron chi connectivity index (χ4n) is 7.14. The molecule has 2 aromatic heterocycles. The number of thioether (sulfide) groups is 1. The SMILES string of the molecule is CCC.Cc1nc(C)c(-c2ccc3cc(C4=C(C5CCCCC5)C5SC(C(=O)O)=CC5N4CC(=O)N4CCOCC4)ccc3n2)s1. The molecule has 1 amide bonds. The van der Waals surface area contributed by atoms with Gasteiger partial charge in [0.25, 0.3) is 0 Å². The van der Waals surface area contributed by atoms with Crippen LogP contribution < -0.4 is 0 Å². The zero-order chi connectivity index (χ0) is 32.4. The van der Waals surface area contributed by atoms with Crippen LogP contribution in [-0.4, -0.2) is 80.9 Å². The zero-order valence-corrected chi connectivity index (χ0v) is 28.9. The highest BCUT2D eigenvalue weighted by molar-refractivity contribution is 8.05. The van der Waals surface area contributed by atoms with Gasteiger partial charge < -0.3 is 19.6 Å². The van der Waals surface area contributed by atoms with Crippen molar-refractivity contribution in [2.75, 3.05) is 32.8 Å². The van der Waals surface area contributed by atoms with Gasteiger partial charge in [-0.2, -0.15) is 0 Å². The predicted molar refractivity (Wildman–Crippen MR) is 187 cm³/mol. The molecule has 2 fully saturated rings. The molecule has 46 heavy (non-hydrogen) atoms. The quantitative estimate of drug-likeness (QED) is 0.294. The normalized spacial score (nSPS) is 21.7. The molecular formula is C36H44N4O4S2. The van der Waals surface area contributed by atoms with Crippen LogP contribution in [0.15, 0.2) is 46.9 Å². The van der Waals surface area contributed by atoms with Gasteiger partial charge in [0.1, 0.15) is 0 Å². The van der Waals surface area contributed by atoms with Gasteiger partial charge in [0.15, 0.2) is 0 Å². The lowest BCUT2D eigenvalue weighted by Crippen LogP contribution is -2.46. The summed E-state index contributed by atoms with van der Waals surface area (Å²) in [6, 6.07) is 10.5. The maximum absolute atomic E-state index is 13.7. The van der Waals surface area contributed by atoms with E-state index >= 15 is 0 Å². The van der Waals surface area contributed by atoms with E-state index < -0.39 is 5.97 Å². The van der Waals surface area contributed by atoms with Gasteiger partial charge >= 0.3 is 5.97 Å². The number of fused-ring (bicyclic) bond motifs is 2. The summed E-state index contributed by atoms with van der Waals surface area (Å²) in [4.78, 5) is 41.0. The van der Waals surface area contributed by atoms with Gasteiger partial charge in [0.2, 0.25) is 5.91 Å². The Balaban J connectivity index is 0.00000119. The number of aliphatic carboxylic acids is 1. The number of ether oxygens (including phenoxy) is 1. The fraction of sp³-hybridized carbons (Fsp3) is 0.500. The van der Waals surface area contributed by atoms with Gasteiger partial charge in [0, 0.05) is 24.2 Å². The summed E-state index contributed by atoms with van der Waals surface area (Å²) < 4.78 is 5.50. The number of carboxylic acid groups (broad SMARTS) is 1. The van der Waals surface area contributed by atoms with Crippen LogP contribution in [0, 0.1) is 19.8 Å².